The van der Waals surface area contributed by atoms with Gasteiger partial charge in [0.2, 0.25) is 0 Å². The molecule has 6 heteroatoms. The average Bonchev–Trinajstić information content (AvgIpc) is 3.01. The molecule has 3 rings (SSSR count). The molecule has 0 bridgehead atoms. The highest BCUT2D eigenvalue weighted by molar-refractivity contribution is 5.93. The Hall–Kier alpha value is -3.02. The predicted octanol–water partition coefficient (Wildman–Crippen LogP) is 5.79. The minimum absolute atomic E-state index is 0.344. The van der Waals surface area contributed by atoms with Gasteiger partial charge < -0.3 is 14.8 Å². The van der Waals surface area contributed by atoms with Crippen molar-refractivity contribution in [2.24, 2.45) is 0 Å². The summed E-state index contributed by atoms with van der Waals surface area (Å²) in [6.07, 6.45) is 0.260. The summed E-state index contributed by atoms with van der Waals surface area (Å²) in [7, 11) is 0. The van der Waals surface area contributed by atoms with Gasteiger partial charge in [-0.05, 0) is 65.2 Å². The summed E-state index contributed by atoms with van der Waals surface area (Å²) in [6, 6.07) is 17.8. The van der Waals surface area contributed by atoms with Gasteiger partial charge in [0.05, 0.1) is 11.2 Å². The zero-order chi connectivity index (χ0) is 23.6. The van der Waals surface area contributed by atoms with Crippen LogP contribution in [0.4, 0.5) is 15.3 Å². The normalized spacial score (nSPS) is 18.1. The summed E-state index contributed by atoms with van der Waals surface area (Å²) in [5.41, 5.74) is 0.997. The van der Waals surface area contributed by atoms with Gasteiger partial charge in [-0.25, -0.2) is 9.59 Å². The molecule has 1 aliphatic heterocycles. The molecule has 2 amide bonds. The van der Waals surface area contributed by atoms with Gasteiger partial charge in [-0.2, -0.15) is 0 Å². The van der Waals surface area contributed by atoms with Gasteiger partial charge >= 0.3 is 12.2 Å². The molecule has 0 spiro atoms. The standard InChI is InChI=1S/C26H34N2O4/c1-24(2,3)31-22(29)27-17-16-26(20-13-8-7-9-14-20)18-19-12-10-11-15-21(19)28(26)23(30)32-25(4,5)6/h7-15H,16-18H2,1-6H3,(H,27,29). The van der Waals surface area contributed by atoms with Crippen molar-refractivity contribution in [3.8, 4) is 0 Å². The highest BCUT2D eigenvalue weighted by Gasteiger charge is 2.49. The van der Waals surface area contributed by atoms with Crippen LogP contribution in [0.25, 0.3) is 0 Å². The fraction of sp³-hybridized carbons (Fsp3) is 0.462. The lowest BCUT2D eigenvalue weighted by molar-refractivity contribution is 0.0517. The van der Waals surface area contributed by atoms with Gasteiger partial charge in [0.25, 0.3) is 0 Å². The summed E-state index contributed by atoms with van der Waals surface area (Å²) in [5.74, 6) is 0. The summed E-state index contributed by atoms with van der Waals surface area (Å²) in [5, 5.41) is 2.86. The fourth-order valence-corrected chi connectivity index (χ4v) is 4.09. The van der Waals surface area contributed by atoms with E-state index in [4.69, 9.17) is 9.47 Å². The molecule has 32 heavy (non-hydrogen) atoms. The quantitative estimate of drug-likeness (QED) is 0.656. The summed E-state index contributed by atoms with van der Waals surface area (Å²) in [4.78, 5) is 27.5. The van der Waals surface area contributed by atoms with Gasteiger partial charge in [0.1, 0.15) is 11.2 Å². The average molecular weight is 439 g/mol. The molecule has 1 aliphatic rings. The second kappa shape index (κ2) is 8.85. The van der Waals surface area contributed by atoms with Crippen molar-refractivity contribution >= 4 is 17.9 Å². The van der Waals surface area contributed by atoms with Crippen molar-refractivity contribution in [2.45, 2.75) is 71.1 Å². The SMILES string of the molecule is CC(C)(C)OC(=O)NCCC1(c2ccccc2)Cc2ccccc2N1C(=O)OC(C)(C)C. The molecule has 0 saturated heterocycles. The molecule has 1 atom stereocenters. The molecular formula is C26H34N2O4. The number of amides is 2. The van der Waals surface area contributed by atoms with E-state index in [2.05, 4.69) is 5.32 Å². The molecule has 172 valence electrons. The lowest BCUT2D eigenvalue weighted by Gasteiger charge is -2.40. The predicted molar refractivity (Wildman–Crippen MR) is 126 cm³/mol. The van der Waals surface area contributed by atoms with Gasteiger partial charge in [-0.15, -0.1) is 0 Å². The Kier molecular flexibility index (Phi) is 6.54. The fourth-order valence-electron chi connectivity index (χ4n) is 4.09. The van der Waals surface area contributed by atoms with Crippen molar-refractivity contribution in [3.05, 3.63) is 65.7 Å². The Labute approximate surface area is 190 Å². The number of hydrogen-bond acceptors (Lipinski definition) is 4. The van der Waals surface area contributed by atoms with E-state index in [0.29, 0.717) is 19.4 Å². The minimum Gasteiger partial charge on any atom is -0.444 e. The number of rotatable bonds is 4. The largest absolute Gasteiger partial charge is 0.444 e. The molecular weight excluding hydrogens is 404 g/mol. The van der Waals surface area contributed by atoms with Gasteiger partial charge in [-0.3, -0.25) is 4.90 Å². The second-order valence-corrected chi connectivity index (χ2v) is 10.2. The van der Waals surface area contributed by atoms with Crippen LogP contribution in [0.1, 0.15) is 59.1 Å². The smallest absolute Gasteiger partial charge is 0.415 e. The molecule has 6 nitrogen and oxygen atoms in total. The monoisotopic (exact) mass is 438 g/mol. The Morgan fingerprint density at radius 1 is 0.906 bits per heavy atom. The van der Waals surface area contributed by atoms with Crippen molar-refractivity contribution in [1.29, 1.82) is 0 Å². The van der Waals surface area contributed by atoms with Crippen LogP contribution in [-0.2, 0) is 21.4 Å². The number of benzene rings is 2. The summed E-state index contributed by atoms with van der Waals surface area (Å²) in [6.45, 7) is 11.4. The first-order chi connectivity index (χ1) is 14.9. The Bertz CT molecular complexity index is 960. The van der Waals surface area contributed by atoms with Crippen molar-refractivity contribution in [2.75, 3.05) is 11.4 Å². The molecule has 0 fully saturated rings. The lowest BCUT2D eigenvalue weighted by Crippen LogP contribution is -2.51. The van der Waals surface area contributed by atoms with Crippen LogP contribution >= 0.6 is 0 Å². The number of ether oxygens (including phenoxy) is 2. The van der Waals surface area contributed by atoms with Gasteiger partial charge in [0.15, 0.2) is 0 Å². The van der Waals surface area contributed by atoms with Crippen LogP contribution in [0.15, 0.2) is 54.6 Å². The maximum atomic E-state index is 13.5. The van der Waals surface area contributed by atoms with Crippen molar-refractivity contribution in [3.63, 3.8) is 0 Å². The minimum atomic E-state index is -0.692. The molecule has 0 radical (unpaired) electrons. The molecule has 1 heterocycles. The maximum absolute atomic E-state index is 13.5. The first-order valence-electron chi connectivity index (χ1n) is 11.0. The molecule has 0 aromatic heterocycles. The lowest BCUT2D eigenvalue weighted by atomic mass is 9.83. The van der Waals surface area contributed by atoms with Gasteiger partial charge in [0, 0.05) is 13.0 Å². The number of carbonyl (C=O) groups excluding carboxylic acids is 2. The number of carbonyl (C=O) groups is 2. The van der Waals surface area contributed by atoms with E-state index in [1.54, 1.807) is 4.90 Å². The Morgan fingerprint density at radius 3 is 2.12 bits per heavy atom. The van der Waals surface area contributed by atoms with E-state index in [1.165, 1.54) is 0 Å². The zero-order valence-corrected chi connectivity index (χ0v) is 19.9. The maximum Gasteiger partial charge on any atom is 0.415 e. The van der Waals surface area contributed by atoms with Crippen molar-refractivity contribution in [1.82, 2.24) is 5.32 Å². The van der Waals surface area contributed by atoms with Gasteiger partial charge in [-0.1, -0.05) is 48.5 Å². The highest BCUT2D eigenvalue weighted by atomic mass is 16.6. The topological polar surface area (TPSA) is 67.9 Å². The van der Waals surface area contributed by atoms with Crippen LogP contribution in [0.3, 0.4) is 0 Å². The third kappa shape index (κ3) is 5.42. The van der Waals surface area contributed by atoms with Crippen molar-refractivity contribution < 1.29 is 19.1 Å². The van der Waals surface area contributed by atoms with Crippen LogP contribution in [0, 0.1) is 0 Å². The molecule has 1 N–H and O–H groups in total. The van der Waals surface area contributed by atoms with Crippen LogP contribution in [0.5, 0.6) is 0 Å². The Balaban J connectivity index is 1.97. The first kappa shape index (κ1) is 23.6. The van der Waals surface area contributed by atoms with E-state index in [9.17, 15) is 9.59 Å². The van der Waals surface area contributed by atoms with E-state index in [0.717, 1.165) is 16.8 Å². The Morgan fingerprint density at radius 2 is 1.50 bits per heavy atom. The van der Waals surface area contributed by atoms with Crippen LogP contribution in [0.2, 0.25) is 0 Å². The number of alkyl carbamates (subject to hydrolysis) is 1. The number of hydrogen-bond donors (Lipinski definition) is 1. The highest BCUT2D eigenvalue weighted by Crippen LogP contribution is 2.47. The summed E-state index contributed by atoms with van der Waals surface area (Å²) >= 11 is 0. The molecule has 0 aliphatic carbocycles. The second-order valence-electron chi connectivity index (χ2n) is 10.2. The van der Waals surface area contributed by atoms with E-state index in [-0.39, 0.29) is 0 Å². The van der Waals surface area contributed by atoms with Crippen LogP contribution < -0.4 is 10.2 Å². The zero-order valence-electron chi connectivity index (χ0n) is 19.9. The van der Waals surface area contributed by atoms with E-state index < -0.39 is 28.9 Å². The van der Waals surface area contributed by atoms with Crippen LogP contribution in [-0.4, -0.2) is 29.9 Å². The third-order valence-corrected chi connectivity index (χ3v) is 5.24. The number of nitrogens with one attached hydrogen (secondary N) is 1. The molecule has 0 saturated carbocycles. The number of para-hydroxylation sites is 1. The first-order valence-corrected chi connectivity index (χ1v) is 11.0. The molecule has 2 aromatic carbocycles. The van der Waals surface area contributed by atoms with E-state index >= 15 is 0 Å². The van der Waals surface area contributed by atoms with E-state index in [1.807, 2.05) is 96.1 Å². The number of nitrogens with zero attached hydrogens (tertiary/aromatic N) is 1. The summed E-state index contributed by atoms with van der Waals surface area (Å²) < 4.78 is 11.2. The third-order valence-electron chi connectivity index (χ3n) is 5.24. The molecule has 1 unspecified atom stereocenters. The number of fused-ring (bicyclic) bond motifs is 1. The molecule has 2 aromatic rings. The number of anilines is 1.